The van der Waals surface area contributed by atoms with Crippen molar-refractivity contribution in [2.45, 2.75) is 9.79 Å². The van der Waals surface area contributed by atoms with Crippen molar-refractivity contribution in [2.24, 2.45) is 0 Å². The number of nitrogens with zero attached hydrogens (tertiary/aromatic N) is 5. The highest BCUT2D eigenvalue weighted by Crippen LogP contribution is 2.62. The molecule has 0 aliphatic carbocycles. The van der Waals surface area contributed by atoms with Crippen molar-refractivity contribution in [2.75, 3.05) is 24.5 Å². The molecule has 9 heteroatoms. The second-order valence-corrected chi connectivity index (χ2v) is 24.5. The highest BCUT2D eigenvalue weighted by Gasteiger charge is 2.50. The normalized spacial score (nSPS) is 14.9. The molecule has 0 bridgehead atoms. The quantitative estimate of drug-likeness (QED) is 0.105. The van der Waals surface area contributed by atoms with Crippen molar-refractivity contribution < 1.29 is 4.57 Å². The maximum atomic E-state index is 17.9. The molecule has 81 heavy (non-hydrogen) atoms. The van der Waals surface area contributed by atoms with E-state index in [9.17, 15) is 0 Å². The summed E-state index contributed by atoms with van der Waals surface area (Å²) in [5.74, 6) is 0. The van der Waals surface area contributed by atoms with Gasteiger partial charge in [0.05, 0.1) is 22.4 Å². The average molecular weight is 1070 g/mol. The zero-order chi connectivity index (χ0) is 53.6. The van der Waals surface area contributed by atoms with Gasteiger partial charge in [0.2, 0.25) is 0 Å². The molecule has 0 fully saturated rings. The van der Waals surface area contributed by atoms with Gasteiger partial charge in [-0.1, -0.05) is 176 Å². The SMILES string of the molecule is O=P12c3cc4c(cc3Sc3cc(N(c5ccccc5)c5ccccc5)cc(c31)N(c1ccccc1)c1ccccc12)N(c1ccccc1)c1cc(N(c2ccccc2)c2ccccc2)cc2c1B4c1ccccc1N2c1ccccc1. The van der Waals surface area contributed by atoms with E-state index in [0.717, 1.165) is 116 Å². The van der Waals surface area contributed by atoms with E-state index in [1.54, 1.807) is 11.8 Å². The Hall–Kier alpha value is -9.72. The zero-order valence-corrected chi connectivity index (χ0v) is 45.6. The van der Waals surface area contributed by atoms with E-state index >= 15 is 4.57 Å². The van der Waals surface area contributed by atoms with Crippen LogP contribution in [0.2, 0.25) is 0 Å². The summed E-state index contributed by atoms with van der Waals surface area (Å²) in [6.45, 7) is -0.228. The maximum absolute atomic E-state index is 17.9. The first-order chi connectivity index (χ1) is 40.1. The van der Waals surface area contributed by atoms with Crippen LogP contribution in [0.1, 0.15) is 0 Å². The van der Waals surface area contributed by atoms with Crippen molar-refractivity contribution >= 4 is 143 Å². The molecule has 1 atom stereocenters. The number of anilines is 15. The van der Waals surface area contributed by atoms with Crippen LogP contribution < -0.4 is 56.8 Å². The summed E-state index contributed by atoms with van der Waals surface area (Å²) in [4.78, 5) is 13.9. The third-order valence-electron chi connectivity index (χ3n) is 16.3. The van der Waals surface area contributed by atoms with Crippen LogP contribution in [0, 0.1) is 0 Å². The fraction of sp³-hybridized carbons (Fsp3) is 0. The summed E-state index contributed by atoms with van der Waals surface area (Å²) in [6.07, 6.45) is 0. The van der Waals surface area contributed by atoms with Crippen LogP contribution in [-0.4, -0.2) is 6.71 Å². The first-order valence-electron chi connectivity index (χ1n) is 27.5. The minimum Gasteiger partial charge on any atom is -0.311 e. The van der Waals surface area contributed by atoms with Crippen LogP contribution in [-0.2, 0) is 4.57 Å². The molecule has 4 aliphatic heterocycles. The fourth-order valence-corrected chi connectivity index (χ4v) is 18.1. The number of hydrogen-bond acceptors (Lipinski definition) is 7. The summed E-state index contributed by atoms with van der Waals surface area (Å²) >= 11 is 1.74. The Morgan fingerprint density at radius 2 is 0.704 bits per heavy atom. The summed E-state index contributed by atoms with van der Waals surface area (Å²) in [5.41, 5.74) is 18.9. The molecule has 16 rings (SSSR count). The molecule has 0 spiro atoms. The predicted octanol–water partition coefficient (Wildman–Crippen LogP) is 16.6. The molecule has 0 radical (unpaired) electrons. The van der Waals surface area contributed by atoms with Crippen LogP contribution >= 0.6 is 18.9 Å². The summed E-state index contributed by atoms with van der Waals surface area (Å²) in [7, 11) is -3.67. The first-order valence-corrected chi connectivity index (χ1v) is 30.0. The van der Waals surface area contributed by atoms with Gasteiger partial charge < -0.3 is 29.1 Å². The molecule has 0 aromatic heterocycles. The maximum Gasteiger partial charge on any atom is 0.252 e. The van der Waals surface area contributed by atoms with Gasteiger partial charge >= 0.3 is 0 Å². The fourth-order valence-electron chi connectivity index (χ4n) is 13.0. The predicted molar refractivity (Wildman–Crippen MR) is 342 cm³/mol. The van der Waals surface area contributed by atoms with Crippen LogP contribution in [0.4, 0.5) is 85.3 Å². The third-order valence-corrected chi connectivity index (χ3v) is 20.9. The monoisotopic (exact) mass is 1070 g/mol. The lowest BCUT2D eigenvalue weighted by Gasteiger charge is -2.46. The van der Waals surface area contributed by atoms with Crippen molar-refractivity contribution in [3.8, 4) is 0 Å². The standard InChI is InChI=1S/C72H49BN5OPS/c79-80-67-43-25-24-42-62(67)77(55-36-18-6-19-37-55)66-46-58(75(52-30-12-3-13-31-52)53-32-14-4-15-33-53)47-70(72(66)80)81-69-49-63-60(48-68(69)80)73-59-40-22-23-41-61(59)76(54-34-16-5-17-35-54)64-44-57(45-65(71(64)73)78(63)56-38-20-7-21-39-56)74(50-26-8-1-9-27-50)51-28-10-2-11-29-51/h1-49H. The Bertz CT molecular complexity index is 4370. The highest BCUT2D eigenvalue weighted by molar-refractivity contribution is 8.03. The Morgan fingerprint density at radius 1 is 0.309 bits per heavy atom. The van der Waals surface area contributed by atoms with Gasteiger partial charge in [0.15, 0.2) is 7.14 Å². The topological polar surface area (TPSA) is 33.3 Å². The van der Waals surface area contributed by atoms with E-state index in [2.05, 4.69) is 322 Å². The van der Waals surface area contributed by atoms with Crippen LogP contribution in [0.15, 0.2) is 307 Å². The van der Waals surface area contributed by atoms with Gasteiger partial charge in [0.1, 0.15) is 0 Å². The summed E-state index contributed by atoms with van der Waals surface area (Å²) in [6, 6.07) is 106. The Balaban J connectivity index is 0.996. The molecular weight excluding hydrogens is 1020 g/mol. The Labute approximate surface area is 476 Å². The van der Waals surface area contributed by atoms with Crippen molar-refractivity contribution in [1.82, 2.24) is 0 Å². The molecule has 12 aromatic rings. The minimum absolute atomic E-state index is 0.228. The molecule has 0 N–H and O–H groups in total. The first kappa shape index (κ1) is 47.3. The number of hydrogen-bond donors (Lipinski definition) is 0. The molecule has 4 aliphatic rings. The lowest BCUT2D eigenvalue weighted by molar-refractivity contribution is 0.591. The van der Waals surface area contributed by atoms with Crippen molar-refractivity contribution in [3.63, 3.8) is 0 Å². The molecule has 382 valence electrons. The molecule has 1 unspecified atom stereocenters. The van der Waals surface area contributed by atoms with Crippen LogP contribution in [0.3, 0.4) is 0 Å². The van der Waals surface area contributed by atoms with Gasteiger partial charge in [-0.2, -0.15) is 0 Å². The summed E-state index contributed by atoms with van der Waals surface area (Å²) < 4.78 is 17.9. The number of fused-ring (bicyclic) bond motifs is 8. The Morgan fingerprint density at radius 3 is 1.21 bits per heavy atom. The average Bonchev–Trinajstić information content (AvgIpc) is 3.55. The van der Waals surface area contributed by atoms with Crippen molar-refractivity contribution in [3.05, 3.63) is 297 Å². The molecule has 6 nitrogen and oxygen atoms in total. The lowest BCUT2D eigenvalue weighted by Crippen LogP contribution is -2.62. The Kier molecular flexibility index (Phi) is 11.1. The van der Waals surface area contributed by atoms with Crippen LogP contribution in [0.25, 0.3) is 0 Å². The van der Waals surface area contributed by atoms with Gasteiger partial charge in [-0.05, 0) is 150 Å². The molecule has 0 saturated heterocycles. The third kappa shape index (κ3) is 7.41. The summed E-state index contributed by atoms with van der Waals surface area (Å²) in [5, 5.41) is 2.57. The van der Waals surface area contributed by atoms with Crippen molar-refractivity contribution in [1.29, 1.82) is 0 Å². The number of rotatable bonds is 9. The molecular formula is C72H49BN5OPS. The van der Waals surface area contributed by atoms with E-state index in [1.807, 2.05) is 0 Å². The molecule has 4 heterocycles. The van der Waals surface area contributed by atoms with Gasteiger partial charge in [-0.3, -0.25) is 0 Å². The zero-order valence-electron chi connectivity index (χ0n) is 43.9. The molecule has 12 aromatic carbocycles. The number of benzene rings is 12. The minimum atomic E-state index is -3.67. The number of para-hydroxylation sites is 9. The van der Waals surface area contributed by atoms with E-state index in [1.165, 1.54) is 10.9 Å². The largest absolute Gasteiger partial charge is 0.311 e. The van der Waals surface area contributed by atoms with Gasteiger partial charge in [0.25, 0.3) is 6.71 Å². The van der Waals surface area contributed by atoms with Gasteiger partial charge in [-0.25, -0.2) is 0 Å². The smallest absolute Gasteiger partial charge is 0.252 e. The van der Waals surface area contributed by atoms with E-state index < -0.39 is 7.14 Å². The molecule has 0 amide bonds. The van der Waals surface area contributed by atoms with Crippen LogP contribution in [0.5, 0.6) is 0 Å². The second-order valence-electron chi connectivity index (χ2n) is 20.8. The van der Waals surface area contributed by atoms with E-state index in [-0.39, 0.29) is 6.71 Å². The van der Waals surface area contributed by atoms with Gasteiger partial charge in [0, 0.05) is 88.6 Å². The lowest BCUT2D eigenvalue weighted by atomic mass is 9.33. The highest BCUT2D eigenvalue weighted by atomic mass is 32.2. The second kappa shape index (κ2) is 19.0. The van der Waals surface area contributed by atoms with Gasteiger partial charge in [-0.15, -0.1) is 0 Å². The molecule has 0 saturated carbocycles. The van der Waals surface area contributed by atoms with E-state index in [0.29, 0.717) is 0 Å². The van der Waals surface area contributed by atoms with E-state index in [4.69, 9.17) is 0 Å².